The molecule has 0 aromatic heterocycles. The predicted molar refractivity (Wildman–Crippen MR) is 89.3 cm³/mol. The number of nitrogens with zero attached hydrogens (tertiary/aromatic N) is 1. The summed E-state index contributed by atoms with van der Waals surface area (Å²) in [5, 5.41) is 6.06. The Morgan fingerprint density at radius 1 is 1.23 bits per heavy atom. The number of carbonyl (C=O) groups is 2. The van der Waals surface area contributed by atoms with Gasteiger partial charge in [0.2, 0.25) is 5.91 Å². The number of amides is 2. The number of rotatable bonds is 6. The summed E-state index contributed by atoms with van der Waals surface area (Å²) in [5.74, 6) is -0.102. The molecule has 1 heterocycles. The monoisotopic (exact) mass is 325 g/mol. The third-order valence-corrected chi connectivity index (χ3v) is 3.69. The van der Waals surface area contributed by atoms with Crippen molar-refractivity contribution in [1.29, 1.82) is 0 Å². The van der Waals surface area contributed by atoms with Gasteiger partial charge in [-0.3, -0.25) is 9.59 Å². The molecule has 1 fully saturated rings. The van der Waals surface area contributed by atoms with Gasteiger partial charge in [-0.05, 0) is 31.5 Å². The SMILES string of the molecule is CCNCCNC(=O)C1CCCN1C(=O)c1ccccc1.Cl. The molecule has 5 nitrogen and oxygen atoms in total. The van der Waals surface area contributed by atoms with Crippen molar-refractivity contribution < 1.29 is 9.59 Å². The normalized spacial score (nSPS) is 17.0. The van der Waals surface area contributed by atoms with Crippen molar-refractivity contribution in [3.63, 3.8) is 0 Å². The highest BCUT2D eigenvalue weighted by molar-refractivity contribution is 5.97. The molecule has 122 valence electrons. The van der Waals surface area contributed by atoms with Crippen molar-refractivity contribution in [1.82, 2.24) is 15.5 Å². The van der Waals surface area contributed by atoms with Crippen LogP contribution >= 0.6 is 12.4 Å². The lowest BCUT2D eigenvalue weighted by molar-refractivity contribution is -0.124. The first kappa shape index (κ1) is 18.5. The summed E-state index contributed by atoms with van der Waals surface area (Å²) in [7, 11) is 0. The number of hydrogen-bond acceptors (Lipinski definition) is 3. The van der Waals surface area contributed by atoms with Gasteiger partial charge in [-0.25, -0.2) is 0 Å². The van der Waals surface area contributed by atoms with Crippen LogP contribution in [0, 0.1) is 0 Å². The van der Waals surface area contributed by atoms with Crippen LogP contribution in [0.4, 0.5) is 0 Å². The number of carbonyl (C=O) groups excluding carboxylic acids is 2. The molecule has 0 saturated carbocycles. The second kappa shape index (κ2) is 9.43. The molecule has 0 bridgehead atoms. The van der Waals surface area contributed by atoms with Crippen LogP contribution in [0.3, 0.4) is 0 Å². The zero-order chi connectivity index (χ0) is 15.1. The molecule has 2 amide bonds. The van der Waals surface area contributed by atoms with Gasteiger partial charge < -0.3 is 15.5 Å². The molecule has 6 heteroatoms. The van der Waals surface area contributed by atoms with Crippen molar-refractivity contribution in [3.05, 3.63) is 35.9 Å². The molecule has 1 saturated heterocycles. The average Bonchev–Trinajstić information content (AvgIpc) is 3.01. The molecule has 2 rings (SSSR count). The first-order chi connectivity index (χ1) is 10.2. The van der Waals surface area contributed by atoms with E-state index in [0.717, 1.165) is 25.9 Å². The number of hydrogen-bond donors (Lipinski definition) is 2. The Bertz CT molecular complexity index is 482. The van der Waals surface area contributed by atoms with Gasteiger partial charge >= 0.3 is 0 Å². The largest absolute Gasteiger partial charge is 0.353 e. The van der Waals surface area contributed by atoms with E-state index in [2.05, 4.69) is 10.6 Å². The minimum Gasteiger partial charge on any atom is -0.353 e. The Morgan fingerprint density at radius 3 is 2.64 bits per heavy atom. The summed E-state index contributed by atoms with van der Waals surface area (Å²) in [4.78, 5) is 26.4. The quantitative estimate of drug-likeness (QED) is 0.778. The Labute approximate surface area is 137 Å². The van der Waals surface area contributed by atoms with Crippen LogP contribution in [0.2, 0.25) is 0 Å². The van der Waals surface area contributed by atoms with Crippen molar-refractivity contribution in [2.45, 2.75) is 25.8 Å². The molecule has 1 aromatic carbocycles. The molecule has 1 aliphatic heterocycles. The lowest BCUT2D eigenvalue weighted by Gasteiger charge is -2.24. The Balaban J connectivity index is 0.00000242. The predicted octanol–water partition coefficient (Wildman–Crippen LogP) is 1.44. The van der Waals surface area contributed by atoms with Crippen LogP contribution in [-0.4, -0.2) is 48.9 Å². The molecular formula is C16H24ClN3O2. The molecule has 1 aromatic rings. The van der Waals surface area contributed by atoms with Gasteiger partial charge in [0.25, 0.3) is 5.91 Å². The van der Waals surface area contributed by atoms with Crippen LogP contribution in [-0.2, 0) is 4.79 Å². The van der Waals surface area contributed by atoms with Crippen molar-refractivity contribution in [2.24, 2.45) is 0 Å². The van der Waals surface area contributed by atoms with Crippen LogP contribution < -0.4 is 10.6 Å². The van der Waals surface area contributed by atoms with Crippen molar-refractivity contribution >= 4 is 24.2 Å². The van der Waals surface area contributed by atoms with Crippen molar-refractivity contribution in [3.8, 4) is 0 Å². The number of nitrogens with one attached hydrogen (secondary N) is 2. The zero-order valence-electron chi connectivity index (χ0n) is 12.9. The maximum atomic E-state index is 12.5. The van der Waals surface area contributed by atoms with E-state index in [9.17, 15) is 9.59 Å². The summed E-state index contributed by atoms with van der Waals surface area (Å²) in [6.07, 6.45) is 1.62. The van der Waals surface area contributed by atoms with E-state index in [1.54, 1.807) is 17.0 Å². The molecule has 0 spiro atoms. The number of likely N-dealkylation sites (tertiary alicyclic amines) is 1. The molecule has 22 heavy (non-hydrogen) atoms. The van der Waals surface area contributed by atoms with Gasteiger partial charge in [0.15, 0.2) is 0 Å². The third kappa shape index (κ3) is 4.71. The second-order valence-corrected chi connectivity index (χ2v) is 5.17. The lowest BCUT2D eigenvalue weighted by atomic mass is 10.1. The molecular weight excluding hydrogens is 302 g/mol. The van der Waals surface area contributed by atoms with Crippen LogP contribution in [0.15, 0.2) is 30.3 Å². The van der Waals surface area contributed by atoms with E-state index in [1.807, 2.05) is 25.1 Å². The number of likely N-dealkylation sites (N-methyl/N-ethyl adjacent to an activating group) is 1. The van der Waals surface area contributed by atoms with E-state index in [0.29, 0.717) is 18.7 Å². The Morgan fingerprint density at radius 2 is 1.95 bits per heavy atom. The fourth-order valence-electron chi connectivity index (χ4n) is 2.60. The minimum atomic E-state index is -0.334. The smallest absolute Gasteiger partial charge is 0.254 e. The molecule has 0 aliphatic carbocycles. The number of benzene rings is 1. The zero-order valence-corrected chi connectivity index (χ0v) is 13.7. The molecule has 2 N–H and O–H groups in total. The molecule has 1 atom stereocenters. The maximum absolute atomic E-state index is 12.5. The van der Waals surface area contributed by atoms with E-state index in [4.69, 9.17) is 0 Å². The van der Waals surface area contributed by atoms with Gasteiger partial charge in [-0.2, -0.15) is 0 Å². The number of halogens is 1. The van der Waals surface area contributed by atoms with Gasteiger partial charge in [-0.1, -0.05) is 25.1 Å². The fraction of sp³-hybridized carbons (Fsp3) is 0.500. The highest BCUT2D eigenvalue weighted by Gasteiger charge is 2.34. The standard InChI is InChI=1S/C16H23N3O2.ClH/c1-2-17-10-11-18-15(20)14-9-6-12-19(14)16(21)13-7-4-3-5-8-13;/h3-5,7-8,14,17H,2,6,9-12H2,1H3,(H,18,20);1H. The van der Waals surface area contributed by atoms with E-state index in [1.165, 1.54) is 0 Å². The van der Waals surface area contributed by atoms with E-state index in [-0.39, 0.29) is 30.3 Å². The summed E-state index contributed by atoms with van der Waals surface area (Å²) in [5.41, 5.74) is 0.643. The maximum Gasteiger partial charge on any atom is 0.254 e. The summed E-state index contributed by atoms with van der Waals surface area (Å²) >= 11 is 0. The van der Waals surface area contributed by atoms with Gasteiger partial charge in [0.05, 0.1) is 0 Å². The first-order valence-electron chi connectivity index (χ1n) is 7.58. The third-order valence-electron chi connectivity index (χ3n) is 3.69. The highest BCUT2D eigenvalue weighted by atomic mass is 35.5. The average molecular weight is 326 g/mol. The summed E-state index contributed by atoms with van der Waals surface area (Å²) in [6, 6.07) is 8.82. The second-order valence-electron chi connectivity index (χ2n) is 5.17. The van der Waals surface area contributed by atoms with Gasteiger partial charge in [-0.15, -0.1) is 12.4 Å². The Kier molecular flexibility index (Phi) is 7.91. The van der Waals surface area contributed by atoms with E-state index >= 15 is 0 Å². The molecule has 0 radical (unpaired) electrons. The lowest BCUT2D eigenvalue weighted by Crippen LogP contribution is -2.47. The van der Waals surface area contributed by atoms with Crippen LogP contribution in [0.5, 0.6) is 0 Å². The minimum absolute atomic E-state index is 0. The summed E-state index contributed by atoms with van der Waals surface area (Å²) < 4.78 is 0. The van der Waals surface area contributed by atoms with Gasteiger partial charge in [0.1, 0.15) is 6.04 Å². The van der Waals surface area contributed by atoms with E-state index < -0.39 is 0 Å². The van der Waals surface area contributed by atoms with Crippen molar-refractivity contribution in [2.75, 3.05) is 26.2 Å². The summed E-state index contributed by atoms with van der Waals surface area (Å²) in [6.45, 7) is 4.91. The first-order valence-corrected chi connectivity index (χ1v) is 7.58. The molecule has 1 unspecified atom stereocenters. The van der Waals surface area contributed by atoms with Gasteiger partial charge in [0, 0.05) is 25.2 Å². The molecule has 1 aliphatic rings. The van der Waals surface area contributed by atoms with Crippen LogP contribution in [0.1, 0.15) is 30.1 Å². The highest BCUT2D eigenvalue weighted by Crippen LogP contribution is 2.20. The topological polar surface area (TPSA) is 61.4 Å². The van der Waals surface area contributed by atoms with Crippen LogP contribution in [0.25, 0.3) is 0 Å². The Hall–Kier alpha value is -1.59. The fourth-order valence-corrected chi connectivity index (χ4v) is 2.60.